The molecule has 1 heterocycles. The van der Waals surface area contributed by atoms with Crippen LogP contribution in [0.1, 0.15) is 50.3 Å². The second-order valence-corrected chi connectivity index (χ2v) is 6.69. The van der Waals surface area contributed by atoms with E-state index in [9.17, 15) is 0 Å². The van der Waals surface area contributed by atoms with Gasteiger partial charge in [-0.2, -0.15) is 0 Å². The molecule has 1 aliphatic carbocycles. The maximum Gasteiger partial charge on any atom is 0.0239 e. The van der Waals surface area contributed by atoms with Gasteiger partial charge in [-0.15, -0.1) is 0 Å². The van der Waals surface area contributed by atoms with Gasteiger partial charge in [0.1, 0.15) is 0 Å². The van der Waals surface area contributed by atoms with Crippen molar-refractivity contribution < 1.29 is 0 Å². The fourth-order valence-corrected chi connectivity index (χ4v) is 2.80. The summed E-state index contributed by atoms with van der Waals surface area (Å²) in [4.78, 5) is 2.68. The van der Waals surface area contributed by atoms with Crippen molar-refractivity contribution in [3.05, 3.63) is 34.9 Å². The van der Waals surface area contributed by atoms with Crippen molar-refractivity contribution in [3.63, 3.8) is 0 Å². The highest BCUT2D eigenvalue weighted by atomic mass is 15.2. The van der Waals surface area contributed by atoms with Crippen LogP contribution in [0.3, 0.4) is 0 Å². The van der Waals surface area contributed by atoms with Gasteiger partial charge >= 0.3 is 0 Å². The molecule has 1 aromatic carbocycles. The van der Waals surface area contributed by atoms with Crippen LogP contribution in [0.4, 0.5) is 0 Å². The van der Waals surface area contributed by atoms with Gasteiger partial charge < -0.3 is 0 Å². The summed E-state index contributed by atoms with van der Waals surface area (Å²) in [6.07, 6.45) is 4.10. The predicted molar refractivity (Wildman–Crippen MR) is 72.3 cm³/mol. The van der Waals surface area contributed by atoms with E-state index < -0.39 is 0 Å². The molecule has 0 N–H and O–H groups in total. The number of fused-ring (bicyclic) bond motifs is 1. The SMILES string of the molecule is CC(C)(C)c1ccc2c(c1)CN(C1CC1)CC2. The molecule has 1 nitrogen and oxygen atoms in total. The van der Waals surface area contributed by atoms with E-state index in [-0.39, 0.29) is 5.41 Å². The first-order chi connectivity index (χ1) is 8.04. The van der Waals surface area contributed by atoms with E-state index >= 15 is 0 Å². The summed E-state index contributed by atoms with van der Waals surface area (Å²) in [6, 6.07) is 8.04. The second-order valence-electron chi connectivity index (χ2n) is 6.69. The van der Waals surface area contributed by atoms with Gasteiger partial charge in [0.05, 0.1) is 0 Å². The fourth-order valence-electron chi connectivity index (χ4n) is 2.80. The van der Waals surface area contributed by atoms with E-state index in [0.29, 0.717) is 0 Å². The van der Waals surface area contributed by atoms with Crippen molar-refractivity contribution in [1.82, 2.24) is 4.90 Å². The third-order valence-electron chi connectivity index (χ3n) is 4.18. The summed E-state index contributed by atoms with van der Waals surface area (Å²) < 4.78 is 0. The molecule has 0 spiro atoms. The van der Waals surface area contributed by atoms with Gasteiger partial charge in [0.2, 0.25) is 0 Å². The van der Waals surface area contributed by atoms with Crippen LogP contribution in [0, 0.1) is 0 Å². The number of hydrogen-bond acceptors (Lipinski definition) is 1. The van der Waals surface area contributed by atoms with Gasteiger partial charge in [0.15, 0.2) is 0 Å². The molecular formula is C16H23N. The lowest BCUT2D eigenvalue weighted by molar-refractivity contribution is 0.243. The van der Waals surface area contributed by atoms with E-state index in [1.807, 2.05) is 0 Å². The molecule has 0 saturated heterocycles. The minimum absolute atomic E-state index is 0.275. The van der Waals surface area contributed by atoms with Gasteiger partial charge in [0.25, 0.3) is 0 Å². The standard InChI is InChI=1S/C16H23N/c1-16(2,3)14-5-4-12-8-9-17(15-6-7-15)11-13(12)10-14/h4-5,10,15H,6-9,11H2,1-3H3. The lowest BCUT2D eigenvalue weighted by atomic mass is 9.84. The number of nitrogens with zero attached hydrogens (tertiary/aromatic N) is 1. The Bertz CT molecular complexity index is 424. The summed E-state index contributed by atoms with van der Waals surface area (Å²) >= 11 is 0. The molecule has 0 unspecified atom stereocenters. The zero-order chi connectivity index (χ0) is 12.0. The second kappa shape index (κ2) is 3.84. The number of benzene rings is 1. The summed E-state index contributed by atoms with van der Waals surface area (Å²) in [6.45, 7) is 9.36. The van der Waals surface area contributed by atoms with Crippen LogP contribution in [0.25, 0.3) is 0 Å². The monoisotopic (exact) mass is 229 g/mol. The zero-order valence-corrected chi connectivity index (χ0v) is 11.3. The first kappa shape index (κ1) is 11.3. The summed E-state index contributed by atoms with van der Waals surface area (Å²) in [5.74, 6) is 0. The molecule has 0 bridgehead atoms. The highest BCUT2D eigenvalue weighted by Crippen LogP contribution is 2.33. The Morgan fingerprint density at radius 2 is 1.88 bits per heavy atom. The Balaban J connectivity index is 1.88. The van der Waals surface area contributed by atoms with E-state index in [4.69, 9.17) is 0 Å². The van der Waals surface area contributed by atoms with Gasteiger partial charge in [0, 0.05) is 19.1 Å². The van der Waals surface area contributed by atoms with Gasteiger partial charge in [-0.3, -0.25) is 4.90 Å². The third kappa shape index (κ3) is 2.26. The molecular weight excluding hydrogens is 206 g/mol. The molecule has 0 amide bonds. The van der Waals surface area contributed by atoms with Crippen LogP contribution >= 0.6 is 0 Å². The van der Waals surface area contributed by atoms with Crippen molar-refractivity contribution >= 4 is 0 Å². The molecule has 1 heteroatoms. The van der Waals surface area contributed by atoms with E-state index in [1.165, 1.54) is 37.9 Å². The number of rotatable bonds is 1. The van der Waals surface area contributed by atoms with E-state index in [0.717, 1.165) is 6.04 Å². The normalized spacial score (nSPS) is 21.4. The molecule has 1 aromatic rings. The quantitative estimate of drug-likeness (QED) is 0.712. The third-order valence-corrected chi connectivity index (χ3v) is 4.18. The van der Waals surface area contributed by atoms with Crippen molar-refractivity contribution in [1.29, 1.82) is 0 Å². The van der Waals surface area contributed by atoms with E-state index in [2.05, 4.69) is 43.9 Å². The zero-order valence-electron chi connectivity index (χ0n) is 11.3. The molecule has 92 valence electrons. The Morgan fingerprint density at radius 1 is 1.12 bits per heavy atom. The Hall–Kier alpha value is -0.820. The van der Waals surface area contributed by atoms with Crippen molar-refractivity contribution in [2.24, 2.45) is 0 Å². The Kier molecular flexibility index (Phi) is 2.55. The highest BCUT2D eigenvalue weighted by Gasteiger charge is 2.31. The summed E-state index contributed by atoms with van der Waals surface area (Å²) in [5.41, 5.74) is 4.91. The van der Waals surface area contributed by atoms with Crippen molar-refractivity contribution in [3.8, 4) is 0 Å². The average molecular weight is 229 g/mol. The van der Waals surface area contributed by atoms with Crippen LogP contribution in [0.2, 0.25) is 0 Å². The molecule has 17 heavy (non-hydrogen) atoms. The lowest BCUT2D eigenvalue weighted by Gasteiger charge is -2.30. The van der Waals surface area contributed by atoms with Gasteiger partial charge in [-0.05, 0) is 41.4 Å². The van der Waals surface area contributed by atoms with E-state index in [1.54, 1.807) is 11.1 Å². The van der Waals surface area contributed by atoms with Crippen LogP contribution < -0.4 is 0 Å². The first-order valence-electron chi connectivity index (χ1n) is 6.90. The fraction of sp³-hybridized carbons (Fsp3) is 0.625. The molecule has 0 radical (unpaired) electrons. The van der Waals surface area contributed by atoms with Crippen LogP contribution in [-0.2, 0) is 18.4 Å². The van der Waals surface area contributed by atoms with Crippen LogP contribution in [0.5, 0.6) is 0 Å². The minimum Gasteiger partial charge on any atom is -0.296 e. The summed E-state index contributed by atoms with van der Waals surface area (Å²) in [7, 11) is 0. The molecule has 1 fully saturated rings. The van der Waals surface area contributed by atoms with Crippen molar-refractivity contribution in [2.45, 2.75) is 58.0 Å². The van der Waals surface area contributed by atoms with Gasteiger partial charge in [-0.1, -0.05) is 39.0 Å². The topological polar surface area (TPSA) is 3.24 Å². The maximum atomic E-state index is 2.68. The molecule has 0 atom stereocenters. The van der Waals surface area contributed by atoms with Gasteiger partial charge in [-0.25, -0.2) is 0 Å². The lowest BCUT2D eigenvalue weighted by Crippen LogP contribution is -2.32. The minimum atomic E-state index is 0.275. The first-order valence-corrected chi connectivity index (χ1v) is 6.90. The summed E-state index contributed by atoms with van der Waals surface area (Å²) in [5, 5.41) is 0. The number of hydrogen-bond donors (Lipinski definition) is 0. The largest absolute Gasteiger partial charge is 0.296 e. The molecule has 2 aliphatic rings. The van der Waals surface area contributed by atoms with Crippen LogP contribution in [0.15, 0.2) is 18.2 Å². The van der Waals surface area contributed by atoms with Crippen LogP contribution in [-0.4, -0.2) is 17.5 Å². The average Bonchev–Trinajstić information content (AvgIpc) is 3.10. The Labute approximate surface area is 105 Å². The maximum absolute atomic E-state index is 2.68. The highest BCUT2D eigenvalue weighted by molar-refractivity contribution is 5.36. The Morgan fingerprint density at radius 3 is 2.53 bits per heavy atom. The smallest absolute Gasteiger partial charge is 0.0239 e. The van der Waals surface area contributed by atoms with Crippen molar-refractivity contribution in [2.75, 3.05) is 6.54 Å². The molecule has 1 saturated carbocycles. The molecule has 0 aromatic heterocycles. The molecule has 3 rings (SSSR count). The predicted octanol–water partition coefficient (Wildman–Crippen LogP) is 3.50. The molecule has 1 aliphatic heterocycles.